The minimum Gasteiger partial charge on any atom is -0.348 e. The van der Waals surface area contributed by atoms with E-state index in [4.69, 9.17) is 0 Å². The van der Waals surface area contributed by atoms with Crippen LogP contribution in [0.25, 0.3) is 11.1 Å². The fourth-order valence-electron chi connectivity index (χ4n) is 4.33. The Kier molecular flexibility index (Phi) is 5.29. The molecule has 8 nitrogen and oxygen atoms in total. The normalized spacial score (nSPS) is 19.7. The number of piperidine rings is 1. The molecule has 9 heteroatoms. The molecule has 2 aliphatic rings. The molecule has 0 bridgehead atoms. The highest BCUT2D eigenvalue weighted by atomic mass is 19.1. The van der Waals surface area contributed by atoms with Gasteiger partial charge in [-0.2, -0.15) is 0 Å². The molecule has 166 valence electrons. The molecule has 2 aliphatic heterocycles. The lowest BCUT2D eigenvalue weighted by molar-refractivity contribution is -0.121. The van der Waals surface area contributed by atoms with E-state index in [2.05, 4.69) is 20.6 Å². The summed E-state index contributed by atoms with van der Waals surface area (Å²) in [7, 11) is 0. The number of nitrogens with one attached hydrogen (secondary N) is 2. The molecule has 2 N–H and O–H groups in total. The molecule has 1 fully saturated rings. The molecule has 1 aromatic heterocycles. The van der Waals surface area contributed by atoms with Gasteiger partial charge in [0, 0.05) is 30.5 Å². The summed E-state index contributed by atoms with van der Waals surface area (Å²) in [6.07, 6.45) is 5.05. The van der Waals surface area contributed by atoms with Crippen LogP contribution < -0.4 is 10.6 Å². The SMILES string of the molecule is O=C(N[C@H]1CCN2C(=O)c3cc(-c4ccccc4F)ccc3NC(=O)[C@@H]2C1)c1cnccn1. The van der Waals surface area contributed by atoms with E-state index in [1.165, 1.54) is 29.6 Å². The first kappa shape index (κ1) is 20.7. The fourth-order valence-corrected chi connectivity index (χ4v) is 4.33. The molecule has 0 saturated carbocycles. The van der Waals surface area contributed by atoms with E-state index in [0.29, 0.717) is 35.3 Å². The van der Waals surface area contributed by atoms with Crippen LogP contribution in [-0.2, 0) is 4.79 Å². The third-order valence-electron chi connectivity index (χ3n) is 5.99. The highest BCUT2D eigenvalue weighted by molar-refractivity contribution is 6.10. The Morgan fingerprint density at radius 2 is 1.97 bits per heavy atom. The summed E-state index contributed by atoms with van der Waals surface area (Å²) in [4.78, 5) is 48.2. The van der Waals surface area contributed by atoms with Crippen molar-refractivity contribution in [1.82, 2.24) is 20.2 Å². The maximum Gasteiger partial charge on any atom is 0.271 e. The van der Waals surface area contributed by atoms with Gasteiger partial charge in [0.15, 0.2) is 0 Å². The maximum absolute atomic E-state index is 14.3. The zero-order chi connectivity index (χ0) is 22.9. The third kappa shape index (κ3) is 3.93. The number of anilines is 1. The van der Waals surface area contributed by atoms with E-state index in [1.807, 2.05) is 0 Å². The Morgan fingerprint density at radius 1 is 1.12 bits per heavy atom. The van der Waals surface area contributed by atoms with Gasteiger partial charge in [-0.1, -0.05) is 24.3 Å². The van der Waals surface area contributed by atoms with E-state index in [1.54, 1.807) is 36.4 Å². The van der Waals surface area contributed by atoms with Crippen molar-refractivity contribution in [2.45, 2.75) is 24.9 Å². The number of hydrogen-bond acceptors (Lipinski definition) is 5. The van der Waals surface area contributed by atoms with Crippen LogP contribution in [0.4, 0.5) is 10.1 Å². The van der Waals surface area contributed by atoms with E-state index >= 15 is 0 Å². The van der Waals surface area contributed by atoms with Crippen molar-refractivity contribution in [2.24, 2.45) is 0 Å². The van der Waals surface area contributed by atoms with Gasteiger partial charge in [-0.05, 0) is 36.6 Å². The quantitative estimate of drug-likeness (QED) is 0.645. The Labute approximate surface area is 188 Å². The van der Waals surface area contributed by atoms with Gasteiger partial charge in [-0.15, -0.1) is 0 Å². The van der Waals surface area contributed by atoms with Gasteiger partial charge in [-0.3, -0.25) is 19.4 Å². The molecule has 3 aromatic rings. The smallest absolute Gasteiger partial charge is 0.271 e. The molecule has 5 rings (SSSR count). The maximum atomic E-state index is 14.3. The first-order valence-corrected chi connectivity index (χ1v) is 10.6. The molecule has 0 unspecified atom stereocenters. The van der Waals surface area contributed by atoms with Crippen LogP contribution in [0.2, 0.25) is 0 Å². The van der Waals surface area contributed by atoms with Crippen molar-refractivity contribution < 1.29 is 18.8 Å². The highest BCUT2D eigenvalue weighted by Crippen LogP contribution is 2.32. The predicted octanol–water partition coefficient (Wildman–Crippen LogP) is 2.64. The molecule has 2 atom stereocenters. The summed E-state index contributed by atoms with van der Waals surface area (Å²) < 4.78 is 14.3. The van der Waals surface area contributed by atoms with E-state index < -0.39 is 6.04 Å². The number of carbonyl (C=O) groups excluding carboxylic acids is 3. The predicted molar refractivity (Wildman–Crippen MR) is 118 cm³/mol. The van der Waals surface area contributed by atoms with Crippen LogP contribution in [0, 0.1) is 5.82 Å². The minimum absolute atomic E-state index is 0.189. The van der Waals surface area contributed by atoms with Crippen molar-refractivity contribution in [2.75, 3.05) is 11.9 Å². The Morgan fingerprint density at radius 3 is 2.76 bits per heavy atom. The summed E-state index contributed by atoms with van der Waals surface area (Å²) >= 11 is 0. The van der Waals surface area contributed by atoms with Gasteiger partial charge in [0.2, 0.25) is 5.91 Å². The summed E-state index contributed by atoms with van der Waals surface area (Å²) in [6, 6.07) is 10.2. The Bertz CT molecular complexity index is 1250. The van der Waals surface area contributed by atoms with Crippen molar-refractivity contribution in [3.63, 3.8) is 0 Å². The summed E-state index contributed by atoms with van der Waals surface area (Å²) in [5.74, 6) is -1.38. The average Bonchev–Trinajstić information content (AvgIpc) is 2.94. The van der Waals surface area contributed by atoms with Gasteiger partial charge in [0.25, 0.3) is 11.8 Å². The van der Waals surface area contributed by atoms with Crippen LogP contribution in [0.3, 0.4) is 0 Å². The number of aromatic nitrogens is 2. The number of amides is 3. The van der Waals surface area contributed by atoms with Crippen LogP contribution in [0.15, 0.2) is 61.1 Å². The first-order valence-electron chi connectivity index (χ1n) is 10.6. The molecular weight excluding hydrogens is 425 g/mol. The van der Waals surface area contributed by atoms with Crippen molar-refractivity contribution in [3.05, 3.63) is 78.1 Å². The zero-order valence-electron chi connectivity index (χ0n) is 17.5. The molecule has 1 saturated heterocycles. The van der Waals surface area contributed by atoms with Gasteiger partial charge in [0.1, 0.15) is 17.6 Å². The minimum atomic E-state index is -0.734. The Hall–Kier alpha value is -4.14. The highest BCUT2D eigenvalue weighted by Gasteiger charge is 2.40. The number of benzene rings is 2. The number of hydrogen-bond donors (Lipinski definition) is 2. The molecule has 33 heavy (non-hydrogen) atoms. The van der Waals surface area contributed by atoms with Gasteiger partial charge >= 0.3 is 0 Å². The van der Waals surface area contributed by atoms with Crippen molar-refractivity contribution in [1.29, 1.82) is 0 Å². The summed E-state index contributed by atoms with van der Waals surface area (Å²) in [5.41, 5.74) is 1.83. The first-order chi connectivity index (χ1) is 16.0. The van der Waals surface area contributed by atoms with Crippen LogP contribution in [0.1, 0.15) is 33.7 Å². The monoisotopic (exact) mass is 445 g/mol. The molecule has 3 heterocycles. The molecule has 0 radical (unpaired) electrons. The summed E-state index contributed by atoms with van der Waals surface area (Å²) in [5, 5.41) is 5.70. The molecule has 0 aliphatic carbocycles. The number of nitrogens with zero attached hydrogens (tertiary/aromatic N) is 3. The zero-order valence-corrected chi connectivity index (χ0v) is 17.5. The standard InChI is InChI=1S/C24H20FN5O3/c25-18-4-2-1-3-16(18)14-5-6-19-17(11-14)24(33)30-10-7-15(12-21(30)23(32)29-19)28-22(31)20-13-26-8-9-27-20/h1-6,8-9,11,13,15,21H,7,10,12H2,(H,28,31)(H,29,32)/t15-,21-/m0/s1. The lowest BCUT2D eigenvalue weighted by atomic mass is 9.95. The Balaban J connectivity index is 1.38. The number of carbonyl (C=O) groups is 3. The second-order valence-electron chi connectivity index (χ2n) is 8.03. The van der Waals surface area contributed by atoms with E-state index in [9.17, 15) is 18.8 Å². The fraction of sp³-hybridized carbons (Fsp3) is 0.208. The van der Waals surface area contributed by atoms with Gasteiger partial charge < -0.3 is 15.5 Å². The second kappa shape index (κ2) is 8.42. The van der Waals surface area contributed by atoms with Crippen LogP contribution in [-0.4, -0.2) is 51.2 Å². The molecule has 3 amide bonds. The van der Waals surface area contributed by atoms with Crippen LogP contribution in [0.5, 0.6) is 0 Å². The number of rotatable bonds is 3. The van der Waals surface area contributed by atoms with Gasteiger partial charge in [0.05, 0.1) is 17.4 Å². The average molecular weight is 445 g/mol. The van der Waals surface area contributed by atoms with Crippen molar-refractivity contribution >= 4 is 23.4 Å². The summed E-state index contributed by atoms with van der Waals surface area (Å²) in [6.45, 7) is 0.297. The molecule has 2 aromatic carbocycles. The molecular formula is C24H20FN5O3. The number of halogens is 1. The molecule has 0 spiro atoms. The van der Waals surface area contributed by atoms with E-state index in [0.717, 1.165) is 0 Å². The van der Waals surface area contributed by atoms with E-state index in [-0.39, 0.29) is 41.7 Å². The van der Waals surface area contributed by atoms with Gasteiger partial charge in [-0.25, -0.2) is 9.37 Å². The lowest BCUT2D eigenvalue weighted by Gasteiger charge is -2.37. The third-order valence-corrected chi connectivity index (χ3v) is 5.99. The lowest BCUT2D eigenvalue weighted by Crippen LogP contribution is -2.55. The topological polar surface area (TPSA) is 104 Å². The second-order valence-corrected chi connectivity index (χ2v) is 8.03. The van der Waals surface area contributed by atoms with Crippen LogP contribution >= 0.6 is 0 Å². The van der Waals surface area contributed by atoms with Crippen molar-refractivity contribution in [3.8, 4) is 11.1 Å². The number of fused-ring (bicyclic) bond motifs is 2. The largest absolute Gasteiger partial charge is 0.348 e.